The fourth-order valence-corrected chi connectivity index (χ4v) is 9.25. The van der Waals surface area contributed by atoms with Crippen LogP contribution < -0.4 is 18.9 Å². The minimum absolute atomic E-state index is 0.143. The van der Waals surface area contributed by atoms with E-state index in [-0.39, 0.29) is 24.7 Å². The Morgan fingerprint density at radius 3 is 1.23 bits per heavy atom. The molecule has 2 aromatic heterocycles. The number of hydrogen-bond acceptors (Lipinski definition) is 10. The van der Waals surface area contributed by atoms with Crippen LogP contribution in [0.2, 0.25) is 0 Å². The second-order valence-electron chi connectivity index (χ2n) is 17.3. The van der Waals surface area contributed by atoms with Crippen molar-refractivity contribution in [2.75, 3.05) is 13.2 Å². The number of unbranched alkanes of at least 4 members (excludes halogenated alkanes) is 2. The Morgan fingerprint density at radius 2 is 0.864 bits per heavy atom. The lowest BCUT2D eigenvalue weighted by Crippen LogP contribution is -2.12. The molecule has 13 rings (SSSR count). The van der Waals surface area contributed by atoms with E-state index in [2.05, 4.69) is 58.7 Å². The van der Waals surface area contributed by atoms with Gasteiger partial charge >= 0.3 is 0 Å². The molecule has 0 saturated heterocycles. The molecule has 0 amide bonds. The minimum atomic E-state index is 0.143. The van der Waals surface area contributed by atoms with Crippen molar-refractivity contribution in [2.45, 2.75) is 91.5 Å². The van der Waals surface area contributed by atoms with Gasteiger partial charge in [-0.1, -0.05) is 134 Å². The van der Waals surface area contributed by atoms with Crippen LogP contribution in [0.1, 0.15) is 107 Å². The highest BCUT2D eigenvalue weighted by atomic mass is 16.5. The van der Waals surface area contributed by atoms with Crippen molar-refractivity contribution in [3.05, 3.63) is 176 Å². The monoisotopic (exact) mass is 882 g/mol. The van der Waals surface area contributed by atoms with Gasteiger partial charge in [0, 0.05) is 36.8 Å². The molecule has 0 saturated carbocycles. The number of para-hydroxylation sites is 4. The Kier molecular flexibility index (Phi) is 12.3. The number of benzene rings is 6. The molecule has 6 heterocycles. The number of hydrogen-bond donors (Lipinski definition) is 2. The predicted octanol–water partition coefficient (Wildman–Crippen LogP) is 10.0. The number of nitrogens with zero attached hydrogens (tertiary/aromatic N) is 6. The molecule has 5 aliphatic rings. The van der Waals surface area contributed by atoms with Gasteiger partial charge in [0.25, 0.3) is 0 Å². The third-order valence-corrected chi connectivity index (χ3v) is 12.6. The fourth-order valence-electron chi connectivity index (χ4n) is 9.25. The molecule has 8 aromatic rings. The quantitative estimate of drug-likeness (QED) is 0.142. The fraction of sp³-hybridized carbons (Fsp3) is 0.296. The van der Waals surface area contributed by atoms with E-state index in [4.69, 9.17) is 18.9 Å². The summed E-state index contributed by atoms with van der Waals surface area (Å²) in [5, 5.41) is 44.5. The maximum absolute atomic E-state index is 12.0. The Labute approximate surface area is 384 Å². The average Bonchev–Trinajstić information content (AvgIpc) is 3.99. The molecule has 6 aromatic carbocycles. The average molecular weight is 883 g/mol. The first kappa shape index (κ1) is 42.6. The summed E-state index contributed by atoms with van der Waals surface area (Å²) in [5.74, 6) is 3.21. The van der Waals surface area contributed by atoms with Crippen molar-refractivity contribution >= 4 is 10.8 Å². The summed E-state index contributed by atoms with van der Waals surface area (Å²) in [6.45, 7) is 6.41. The SMILES string of the molecule is CCCCOc1c(OCCCC)c2c3ccccc3c1Cn1cc(nn1)COc1c3cccc1Cc1cccc(c1O)Cc1cccc(c1OCc1cn(nn1)C2)Cc1cccc(c1O)C3. The van der Waals surface area contributed by atoms with Gasteiger partial charge in [-0.2, -0.15) is 0 Å². The first-order valence-corrected chi connectivity index (χ1v) is 23.1. The molecule has 1 aliphatic carbocycles. The summed E-state index contributed by atoms with van der Waals surface area (Å²) in [5.41, 5.74) is 9.86. The van der Waals surface area contributed by atoms with Gasteiger partial charge in [0.2, 0.25) is 0 Å². The summed E-state index contributed by atoms with van der Waals surface area (Å²) < 4.78 is 30.8. The number of phenols is 2. The van der Waals surface area contributed by atoms with E-state index in [0.29, 0.717) is 86.4 Å². The van der Waals surface area contributed by atoms with Crippen LogP contribution in [0, 0.1) is 0 Å². The van der Waals surface area contributed by atoms with Crippen molar-refractivity contribution in [3.63, 3.8) is 0 Å². The Balaban J connectivity index is 1.16. The van der Waals surface area contributed by atoms with E-state index in [1.165, 1.54) is 0 Å². The molecule has 66 heavy (non-hydrogen) atoms. The number of aromatic hydroxyl groups is 2. The molecule has 0 atom stereocenters. The summed E-state index contributed by atoms with van der Waals surface area (Å²) in [7, 11) is 0. The molecule has 336 valence electrons. The zero-order valence-corrected chi connectivity index (χ0v) is 37.5. The highest BCUT2D eigenvalue weighted by Crippen LogP contribution is 2.44. The van der Waals surface area contributed by atoms with Crippen LogP contribution in [0.25, 0.3) is 10.8 Å². The molecule has 0 unspecified atom stereocenters. The highest BCUT2D eigenvalue weighted by molar-refractivity contribution is 5.93. The molecule has 0 spiro atoms. The normalized spacial score (nSPS) is 13.5. The van der Waals surface area contributed by atoms with E-state index in [1.54, 1.807) is 0 Å². The summed E-state index contributed by atoms with van der Waals surface area (Å²) in [6, 6.07) is 32.3. The molecular weight excluding hydrogens is 829 g/mol. The van der Waals surface area contributed by atoms with Crippen molar-refractivity contribution in [1.29, 1.82) is 0 Å². The third kappa shape index (κ3) is 8.75. The summed E-state index contributed by atoms with van der Waals surface area (Å²) >= 11 is 0. The largest absolute Gasteiger partial charge is 0.507 e. The standard InChI is InChI=1S/C54H54N6O6/c1-3-5-23-63-53-47-31-59-29-43(55-57-59)33-65-51-39-17-11-18-40(51)26-36-14-10-16-38(50(36)62)28-42-20-12-19-41(27-37-15-9-13-35(25-39)49(37)61)52(42)66-34-44-30-60(58-56-44)32-48(54(53)64-24-6-4-2)46-22-8-7-21-45(46)47/h7-22,29-30,61-62H,3-6,23-28,31-34H2,1-2H3. The second kappa shape index (κ2) is 19.0. The molecule has 16 bridgehead atoms. The van der Waals surface area contributed by atoms with Gasteiger partial charge in [0.05, 0.1) is 38.7 Å². The van der Waals surface area contributed by atoms with Crippen molar-refractivity contribution in [1.82, 2.24) is 30.0 Å². The Bertz CT molecular complexity index is 2740. The number of aromatic nitrogens is 6. The number of ether oxygens (including phenoxy) is 4. The maximum atomic E-state index is 12.0. The minimum Gasteiger partial charge on any atom is -0.507 e. The van der Waals surface area contributed by atoms with Crippen LogP contribution in [0.5, 0.6) is 34.5 Å². The van der Waals surface area contributed by atoms with E-state index in [9.17, 15) is 10.2 Å². The first-order chi connectivity index (χ1) is 32.4. The lowest BCUT2D eigenvalue weighted by atomic mass is 9.91. The highest BCUT2D eigenvalue weighted by Gasteiger charge is 2.25. The number of rotatable bonds is 8. The van der Waals surface area contributed by atoms with Crippen LogP contribution in [0.15, 0.2) is 109 Å². The van der Waals surface area contributed by atoms with E-state index < -0.39 is 0 Å². The van der Waals surface area contributed by atoms with E-state index >= 15 is 0 Å². The van der Waals surface area contributed by atoms with Gasteiger partial charge < -0.3 is 29.2 Å². The van der Waals surface area contributed by atoms with Gasteiger partial charge in [0.1, 0.15) is 47.6 Å². The van der Waals surface area contributed by atoms with E-state index in [1.807, 2.05) is 94.6 Å². The smallest absolute Gasteiger partial charge is 0.167 e. The lowest BCUT2D eigenvalue weighted by Gasteiger charge is -2.23. The molecule has 0 fully saturated rings. The van der Waals surface area contributed by atoms with Gasteiger partial charge in [-0.15, -0.1) is 10.2 Å². The first-order valence-electron chi connectivity index (χ1n) is 23.1. The third-order valence-electron chi connectivity index (χ3n) is 12.6. The topological polar surface area (TPSA) is 139 Å². The van der Waals surface area contributed by atoms with Gasteiger partial charge in [-0.05, 0) is 68.1 Å². The van der Waals surface area contributed by atoms with Crippen LogP contribution in [0.3, 0.4) is 0 Å². The van der Waals surface area contributed by atoms with Crippen molar-refractivity contribution in [2.24, 2.45) is 0 Å². The molecule has 2 N–H and O–H groups in total. The Hall–Kier alpha value is -7.34. The summed E-state index contributed by atoms with van der Waals surface area (Å²) in [6.07, 6.45) is 9.22. The zero-order chi connectivity index (χ0) is 45.0. The van der Waals surface area contributed by atoms with Crippen LogP contribution in [-0.4, -0.2) is 53.4 Å². The van der Waals surface area contributed by atoms with Crippen molar-refractivity contribution in [3.8, 4) is 34.5 Å². The molecule has 0 radical (unpaired) electrons. The number of phenolic OH excluding ortho intramolecular Hbond substituents is 2. The van der Waals surface area contributed by atoms with Crippen LogP contribution in [-0.2, 0) is 52.0 Å². The molecular formula is C54H54N6O6. The molecule has 12 nitrogen and oxygen atoms in total. The van der Waals surface area contributed by atoms with Crippen molar-refractivity contribution < 1.29 is 29.2 Å². The lowest BCUT2D eigenvalue weighted by molar-refractivity contribution is 0.257. The van der Waals surface area contributed by atoms with Crippen LogP contribution in [0.4, 0.5) is 0 Å². The van der Waals surface area contributed by atoms with Gasteiger partial charge in [-0.25, -0.2) is 9.36 Å². The van der Waals surface area contributed by atoms with Crippen LogP contribution >= 0.6 is 0 Å². The van der Waals surface area contributed by atoms with E-state index in [0.717, 1.165) is 92.1 Å². The Morgan fingerprint density at radius 1 is 0.500 bits per heavy atom. The zero-order valence-electron chi connectivity index (χ0n) is 37.5. The predicted molar refractivity (Wildman–Crippen MR) is 252 cm³/mol. The maximum Gasteiger partial charge on any atom is 0.167 e. The molecule has 4 aliphatic heterocycles. The molecule has 12 heteroatoms. The van der Waals surface area contributed by atoms with Gasteiger partial charge in [0.15, 0.2) is 11.5 Å². The van der Waals surface area contributed by atoms with Gasteiger partial charge in [-0.3, -0.25) is 0 Å². The second-order valence-corrected chi connectivity index (χ2v) is 17.3. The summed E-state index contributed by atoms with van der Waals surface area (Å²) in [4.78, 5) is 0.